The summed E-state index contributed by atoms with van der Waals surface area (Å²) in [7, 11) is 1.55. The summed E-state index contributed by atoms with van der Waals surface area (Å²) in [5.74, 6) is 5.06. The smallest absolute Gasteiger partial charge is 0.407 e. The van der Waals surface area contributed by atoms with Gasteiger partial charge in [0.05, 0.1) is 13.2 Å². The number of hydrogen-bond acceptors (Lipinski definition) is 5. The van der Waals surface area contributed by atoms with Gasteiger partial charge in [0, 0.05) is 26.7 Å². The first kappa shape index (κ1) is 32.8. The Labute approximate surface area is 250 Å². The van der Waals surface area contributed by atoms with Gasteiger partial charge in [0.25, 0.3) is 0 Å². The van der Waals surface area contributed by atoms with Gasteiger partial charge in [0.1, 0.15) is 12.2 Å². The number of fused-ring (bicyclic) bond motifs is 5. The summed E-state index contributed by atoms with van der Waals surface area (Å²) in [5.41, 5.74) is 2.35. The van der Waals surface area contributed by atoms with Gasteiger partial charge < -0.3 is 24.6 Å². The number of aliphatic hydroxyl groups is 1. The maximum Gasteiger partial charge on any atom is 0.407 e. The molecule has 41 heavy (non-hydrogen) atoms. The number of carbonyl (C=O) groups excluding carboxylic acids is 1. The molecule has 0 aromatic rings. The number of alkyl carbamates (subject to hydrolysis) is 1. The number of methoxy groups -OCH3 is 1. The minimum atomic E-state index is -0.611. The minimum absolute atomic E-state index is 0.0253. The van der Waals surface area contributed by atoms with Gasteiger partial charge in [-0.2, -0.15) is 0 Å². The quantitative estimate of drug-likeness (QED) is 0.165. The summed E-state index contributed by atoms with van der Waals surface area (Å²) in [6.45, 7) is 14.0. The van der Waals surface area contributed by atoms with E-state index in [1.807, 2.05) is 0 Å². The molecule has 4 aliphatic rings. The number of hydrogen-bond donors (Lipinski definition) is 2. The van der Waals surface area contributed by atoms with Crippen molar-refractivity contribution in [3.63, 3.8) is 0 Å². The predicted octanol–water partition coefficient (Wildman–Crippen LogP) is 7.54. The summed E-state index contributed by atoms with van der Waals surface area (Å²) in [6, 6.07) is 0. The standard InChI is InChI=1S/C35H61NO5/c1-24(2)9-7-10-25(3)30-13-14-31-29-12-11-26-21-28(15-17-34(26,4)32(29)16-18-35(30,31)5)41-33(38)36-19-8-20-40-23-27(37)22-39-6/h11,24-25,27-32,37H,7-10,12-23H2,1-6H3,(H,36,38). The van der Waals surface area contributed by atoms with Gasteiger partial charge in [0.15, 0.2) is 0 Å². The number of aliphatic hydroxyl groups excluding tert-OH is 1. The van der Waals surface area contributed by atoms with Crippen LogP contribution in [0.3, 0.4) is 0 Å². The molecule has 0 saturated heterocycles. The Balaban J connectivity index is 1.25. The van der Waals surface area contributed by atoms with Gasteiger partial charge in [-0.3, -0.25) is 0 Å². The van der Waals surface area contributed by atoms with E-state index >= 15 is 0 Å². The highest BCUT2D eigenvalue weighted by atomic mass is 16.6. The molecule has 0 aromatic heterocycles. The van der Waals surface area contributed by atoms with Crippen LogP contribution in [0.5, 0.6) is 0 Å². The summed E-state index contributed by atoms with van der Waals surface area (Å²) in [5, 5.41) is 12.5. The lowest BCUT2D eigenvalue weighted by atomic mass is 9.47. The highest BCUT2D eigenvalue weighted by Crippen LogP contribution is 2.67. The first-order valence-corrected chi connectivity index (χ1v) is 17.0. The minimum Gasteiger partial charge on any atom is -0.446 e. The van der Waals surface area contributed by atoms with E-state index in [-0.39, 0.29) is 30.8 Å². The number of allylic oxidation sites excluding steroid dienone is 1. The van der Waals surface area contributed by atoms with Crippen LogP contribution < -0.4 is 5.32 Å². The van der Waals surface area contributed by atoms with Crippen molar-refractivity contribution in [2.75, 3.05) is 33.5 Å². The first-order chi connectivity index (χ1) is 19.6. The third kappa shape index (κ3) is 7.70. The van der Waals surface area contributed by atoms with Crippen molar-refractivity contribution in [1.29, 1.82) is 0 Å². The van der Waals surface area contributed by atoms with E-state index in [2.05, 4.69) is 46.0 Å². The second-order valence-corrected chi connectivity index (χ2v) is 15.0. The predicted molar refractivity (Wildman–Crippen MR) is 165 cm³/mol. The Hall–Kier alpha value is -1.11. The van der Waals surface area contributed by atoms with E-state index in [9.17, 15) is 9.90 Å². The second-order valence-electron chi connectivity index (χ2n) is 15.0. The molecule has 4 aliphatic carbocycles. The zero-order valence-corrected chi connectivity index (χ0v) is 27.1. The molecule has 1 amide bonds. The molecule has 0 spiro atoms. The van der Waals surface area contributed by atoms with Crippen LogP contribution in [-0.2, 0) is 14.2 Å². The zero-order chi connectivity index (χ0) is 29.6. The molecule has 9 unspecified atom stereocenters. The van der Waals surface area contributed by atoms with E-state index in [0.29, 0.717) is 25.0 Å². The van der Waals surface area contributed by atoms with Crippen molar-refractivity contribution in [3.05, 3.63) is 11.6 Å². The fourth-order valence-corrected chi connectivity index (χ4v) is 9.77. The zero-order valence-electron chi connectivity index (χ0n) is 27.1. The van der Waals surface area contributed by atoms with Gasteiger partial charge >= 0.3 is 6.09 Å². The number of rotatable bonds is 14. The first-order valence-electron chi connectivity index (χ1n) is 17.0. The van der Waals surface area contributed by atoms with E-state index in [1.54, 1.807) is 12.7 Å². The van der Waals surface area contributed by atoms with Crippen molar-refractivity contribution in [2.45, 2.75) is 124 Å². The van der Waals surface area contributed by atoms with Crippen molar-refractivity contribution in [1.82, 2.24) is 5.32 Å². The summed E-state index contributed by atoms with van der Waals surface area (Å²) >= 11 is 0. The van der Waals surface area contributed by atoms with Crippen molar-refractivity contribution in [3.8, 4) is 0 Å². The molecule has 6 nitrogen and oxygen atoms in total. The molecule has 6 heteroatoms. The average molecular weight is 576 g/mol. The molecule has 0 aliphatic heterocycles. The molecular formula is C35H61NO5. The van der Waals surface area contributed by atoms with E-state index < -0.39 is 6.10 Å². The fourth-order valence-electron chi connectivity index (χ4n) is 9.77. The molecule has 0 radical (unpaired) electrons. The molecule has 4 rings (SSSR count). The normalized spacial score (nSPS) is 36.1. The van der Waals surface area contributed by atoms with Crippen LogP contribution in [-0.4, -0.2) is 56.9 Å². The van der Waals surface area contributed by atoms with E-state index in [1.165, 1.54) is 51.4 Å². The monoisotopic (exact) mass is 575 g/mol. The third-order valence-electron chi connectivity index (χ3n) is 11.9. The Morgan fingerprint density at radius 1 is 1.05 bits per heavy atom. The van der Waals surface area contributed by atoms with Gasteiger partial charge in [-0.1, -0.05) is 65.5 Å². The molecule has 3 fully saturated rings. The highest BCUT2D eigenvalue weighted by molar-refractivity contribution is 5.67. The highest BCUT2D eigenvalue weighted by Gasteiger charge is 2.59. The maximum absolute atomic E-state index is 12.5. The largest absolute Gasteiger partial charge is 0.446 e. The van der Waals surface area contributed by atoms with Crippen LogP contribution in [0.1, 0.15) is 112 Å². The second kappa shape index (κ2) is 14.6. The lowest BCUT2D eigenvalue weighted by Gasteiger charge is -2.58. The van der Waals surface area contributed by atoms with Crippen LogP contribution in [0.25, 0.3) is 0 Å². The molecule has 0 heterocycles. The lowest BCUT2D eigenvalue weighted by Crippen LogP contribution is -2.51. The molecule has 0 aromatic carbocycles. The molecule has 3 saturated carbocycles. The average Bonchev–Trinajstić information content (AvgIpc) is 3.28. The van der Waals surface area contributed by atoms with Crippen LogP contribution in [0, 0.1) is 46.3 Å². The lowest BCUT2D eigenvalue weighted by molar-refractivity contribution is -0.0581. The number of ether oxygens (including phenoxy) is 3. The van der Waals surface area contributed by atoms with E-state index in [0.717, 1.165) is 54.8 Å². The third-order valence-corrected chi connectivity index (χ3v) is 11.9. The Morgan fingerprint density at radius 3 is 2.61 bits per heavy atom. The van der Waals surface area contributed by atoms with Crippen LogP contribution in [0.2, 0.25) is 0 Å². The Morgan fingerprint density at radius 2 is 1.85 bits per heavy atom. The van der Waals surface area contributed by atoms with Crippen molar-refractivity contribution >= 4 is 6.09 Å². The molecule has 2 N–H and O–H groups in total. The summed E-state index contributed by atoms with van der Waals surface area (Å²) in [6.07, 6.45) is 16.3. The molecule has 9 atom stereocenters. The number of carbonyl (C=O) groups is 1. The Kier molecular flexibility index (Phi) is 11.7. The number of nitrogens with one attached hydrogen (secondary N) is 1. The summed E-state index contributed by atoms with van der Waals surface area (Å²) in [4.78, 5) is 12.5. The fraction of sp³-hybridized carbons (Fsp3) is 0.914. The molecule has 236 valence electrons. The van der Waals surface area contributed by atoms with Crippen molar-refractivity contribution in [2.24, 2.45) is 46.3 Å². The topological polar surface area (TPSA) is 77.0 Å². The van der Waals surface area contributed by atoms with Gasteiger partial charge in [-0.25, -0.2) is 4.79 Å². The van der Waals surface area contributed by atoms with Gasteiger partial charge in [0.2, 0.25) is 0 Å². The number of amides is 1. The van der Waals surface area contributed by atoms with Gasteiger partial charge in [-0.05, 0) is 97.7 Å². The van der Waals surface area contributed by atoms with Crippen LogP contribution >= 0.6 is 0 Å². The summed E-state index contributed by atoms with van der Waals surface area (Å²) < 4.78 is 16.2. The molecular weight excluding hydrogens is 514 g/mol. The van der Waals surface area contributed by atoms with Gasteiger partial charge in [-0.15, -0.1) is 0 Å². The SMILES string of the molecule is COCC(O)COCCCNC(=O)OC1CCC2(C)C(=CCC3C2CCC2(C)C(C(C)CCCC(C)C)CCC32)C1. The maximum atomic E-state index is 12.5. The van der Waals surface area contributed by atoms with E-state index in [4.69, 9.17) is 14.2 Å². The van der Waals surface area contributed by atoms with Crippen LogP contribution in [0.15, 0.2) is 11.6 Å². The van der Waals surface area contributed by atoms with Crippen LogP contribution in [0.4, 0.5) is 4.79 Å². The van der Waals surface area contributed by atoms with Crippen molar-refractivity contribution < 1.29 is 24.1 Å². The Bertz CT molecular complexity index is 875. The molecule has 0 bridgehead atoms.